The zero-order chi connectivity index (χ0) is 27.8. The summed E-state index contributed by atoms with van der Waals surface area (Å²) >= 11 is 6.03. The summed E-state index contributed by atoms with van der Waals surface area (Å²) in [6.07, 6.45) is 1.42. The van der Waals surface area contributed by atoms with E-state index in [0.29, 0.717) is 10.9 Å². The zero-order valence-electron chi connectivity index (χ0n) is 20.8. The predicted octanol–water partition coefficient (Wildman–Crippen LogP) is 6.02. The van der Waals surface area contributed by atoms with E-state index in [-0.39, 0.29) is 33.1 Å². The summed E-state index contributed by atoms with van der Waals surface area (Å²) in [5, 5.41) is 3.13. The van der Waals surface area contributed by atoms with Crippen molar-refractivity contribution in [3.8, 4) is 16.9 Å². The van der Waals surface area contributed by atoms with Gasteiger partial charge in [0.05, 0.1) is 33.8 Å². The van der Waals surface area contributed by atoms with Gasteiger partial charge in [0.1, 0.15) is 11.6 Å². The second-order valence-electron chi connectivity index (χ2n) is 9.36. The van der Waals surface area contributed by atoms with Crippen LogP contribution in [0.4, 0.5) is 20.4 Å². The Labute approximate surface area is 223 Å². The number of ether oxygens (including phenoxy) is 1. The lowest BCUT2D eigenvalue weighted by Crippen LogP contribution is -2.28. The van der Waals surface area contributed by atoms with Gasteiger partial charge in [-0.2, -0.15) is 0 Å². The minimum absolute atomic E-state index is 0.0511. The number of aromatic nitrogens is 2. The van der Waals surface area contributed by atoms with Crippen molar-refractivity contribution in [2.24, 2.45) is 5.41 Å². The lowest BCUT2D eigenvalue weighted by atomic mass is 9.96. The van der Waals surface area contributed by atoms with Gasteiger partial charge >= 0.3 is 0 Å². The van der Waals surface area contributed by atoms with Crippen LogP contribution in [0.3, 0.4) is 0 Å². The number of nitrogens with zero attached hydrogens (tertiary/aromatic N) is 2. The van der Waals surface area contributed by atoms with E-state index in [2.05, 4.69) is 20.0 Å². The van der Waals surface area contributed by atoms with Crippen LogP contribution in [0.2, 0.25) is 5.02 Å². The third-order valence-electron chi connectivity index (χ3n) is 5.54. The molecule has 0 unspecified atom stereocenters. The number of amides is 1. The topological polar surface area (TPSA) is 110 Å². The number of carbonyl (C=O) groups excluding carboxylic acids is 1. The van der Waals surface area contributed by atoms with Gasteiger partial charge in [-0.25, -0.2) is 27.2 Å². The summed E-state index contributed by atoms with van der Waals surface area (Å²) < 4.78 is 63.2. The molecule has 1 heterocycles. The highest BCUT2D eigenvalue weighted by Crippen LogP contribution is 2.34. The van der Waals surface area contributed by atoms with Crippen LogP contribution >= 0.6 is 11.6 Å². The van der Waals surface area contributed by atoms with Gasteiger partial charge in [0, 0.05) is 17.0 Å². The largest absolute Gasteiger partial charge is 0.495 e. The molecule has 38 heavy (non-hydrogen) atoms. The number of methoxy groups -OCH3 is 1. The molecular weight excluding hydrogens is 538 g/mol. The molecule has 0 bridgehead atoms. The van der Waals surface area contributed by atoms with E-state index < -0.39 is 38.3 Å². The molecule has 0 fully saturated rings. The average molecular weight is 561 g/mol. The minimum Gasteiger partial charge on any atom is -0.495 e. The summed E-state index contributed by atoms with van der Waals surface area (Å²) in [7, 11) is -2.88. The normalized spacial score (nSPS) is 11.9. The molecule has 0 aliphatic carbocycles. The molecule has 8 nitrogen and oxygen atoms in total. The number of benzene rings is 3. The Morgan fingerprint density at radius 2 is 1.79 bits per heavy atom. The molecule has 0 aliphatic heterocycles. The number of hydrogen-bond acceptors (Lipinski definition) is 6. The van der Waals surface area contributed by atoms with Gasteiger partial charge < -0.3 is 4.74 Å². The summed E-state index contributed by atoms with van der Waals surface area (Å²) in [4.78, 5) is 20.4. The van der Waals surface area contributed by atoms with Crippen LogP contribution in [0, 0.1) is 17.0 Å². The van der Waals surface area contributed by atoms with Gasteiger partial charge in [0.2, 0.25) is 11.9 Å². The molecule has 2 N–H and O–H groups in total. The second kappa shape index (κ2) is 10.1. The molecule has 4 aromatic rings. The van der Waals surface area contributed by atoms with Crippen molar-refractivity contribution in [3.63, 3.8) is 0 Å². The van der Waals surface area contributed by atoms with Gasteiger partial charge in [-0.3, -0.25) is 14.8 Å². The van der Waals surface area contributed by atoms with Gasteiger partial charge in [-0.05, 0) is 48.0 Å². The Morgan fingerprint density at radius 1 is 1.05 bits per heavy atom. The number of fused-ring (bicyclic) bond motifs is 1. The van der Waals surface area contributed by atoms with Crippen molar-refractivity contribution in [1.29, 1.82) is 0 Å². The first-order valence-corrected chi connectivity index (χ1v) is 13.1. The molecule has 0 saturated heterocycles. The van der Waals surface area contributed by atoms with Crippen molar-refractivity contribution in [2.45, 2.75) is 25.7 Å². The molecule has 12 heteroatoms. The highest BCUT2D eigenvalue weighted by atomic mass is 35.5. The Morgan fingerprint density at radius 3 is 2.45 bits per heavy atom. The fraction of sp³-hybridized carbons (Fsp3) is 0.192. The summed E-state index contributed by atoms with van der Waals surface area (Å²) in [6.45, 7) is 5.25. The second-order valence-corrected chi connectivity index (χ2v) is 11.4. The summed E-state index contributed by atoms with van der Waals surface area (Å²) in [5.74, 6) is -1.91. The first-order chi connectivity index (χ1) is 17.8. The highest BCUT2D eigenvalue weighted by Gasteiger charge is 2.23. The average Bonchev–Trinajstić information content (AvgIpc) is 2.85. The van der Waals surface area contributed by atoms with Crippen molar-refractivity contribution in [1.82, 2.24) is 9.97 Å². The third kappa shape index (κ3) is 5.53. The monoisotopic (exact) mass is 560 g/mol. The number of rotatable bonds is 6. The molecule has 0 saturated carbocycles. The Hall–Kier alpha value is -3.83. The standard InChI is InChI=1S/C26H23ClF2N4O4S/c1-26(2,3)24(34)32-25-30-13-15-11-14(5-8-19(15)31-25)22-18(28)7-9-20(23(22)29)33-38(35,36)16-6-10-21(37-4)17(27)12-16/h5-13,33H,1-4H3,(H,30,31,32,34). The van der Waals surface area contributed by atoms with Crippen molar-refractivity contribution < 1.29 is 26.7 Å². The maximum absolute atomic E-state index is 15.5. The molecule has 0 aliphatic rings. The van der Waals surface area contributed by atoms with Crippen LogP contribution in [0.5, 0.6) is 5.75 Å². The minimum atomic E-state index is -4.26. The van der Waals surface area contributed by atoms with Crippen LogP contribution in [-0.2, 0) is 14.8 Å². The fourth-order valence-electron chi connectivity index (χ4n) is 3.45. The van der Waals surface area contributed by atoms with Crippen LogP contribution in [-0.4, -0.2) is 31.4 Å². The molecule has 0 radical (unpaired) electrons. The van der Waals surface area contributed by atoms with E-state index in [0.717, 1.165) is 18.2 Å². The molecule has 0 atom stereocenters. The number of carbonyl (C=O) groups is 1. The molecule has 198 valence electrons. The van der Waals surface area contributed by atoms with Crippen LogP contribution in [0.25, 0.3) is 22.0 Å². The van der Waals surface area contributed by atoms with E-state index in [4.69, 9.17) is 16.3 Å². The van der Waals surface area contributed by atoms with Crippen LogP contribution < -0.4 is 14.8 Å². The molecular formula is C26H23ClF2N4O4S. The quantitative estimate of drug-likeness (QED) is 0.298. The van der Waals surface area contributed by atoms with E-state index in [1.165, 1.54) is 43.6 Å². The van der Waals surface area contributed by atoms with E-state index in [1.807, 2.05) is 0 Å². The first kappa shape index (κ1) is 27.2. The number of sulfonamides is 1. The van der Waals surface area contributed by atoms with Crippen molar-refractivity contribution in [2.75, 3.05) is 17.1 Å². The molecule has 3 aromatic carbocycles. The maximum atomic E-state index is 15.5. The first-order valence-electron chi connectivity index (χ1n) is 11.2. The van der Waals surface area contributed by atoms with Gasteiger partial charge in [-0.1, -0.05) is 38.4 Å². The third-order valence-corrected chi connectivity index (χ3v) is 7.20. The Balaban J connectivity index is 1.68. The fourth-order valence-corrected chi connectivity index (χ4v) is 4.86. The van der Waals surface area contributed by atoms with Crippen molar-refractivity contribution >= 4 is 50.1 Å². The summed E-state index contributed by atoms with van der Waals surface area (Å²) in [5.41, 5.74) is -0.975. The van der Waals surface area contributed by atoms with Crippen LogP contribution in [0.15, 0.2) is 59.6 Å². The zero-order valence-corrected chi connectivity index (χ0v) is 22.3. The highest BCUT2D eigenvalue weighted by molar-refractivity contribution is 7.92. The molecule has 1 amide bonds. The molecule has 0 spiro atoms. The van der Waals surface area contributed by atoms with E-state index >= 15 is 4.39 Å². The van der Waals surface area contributed by atoms with Gasteiger partial charge in [-0.15, -0.1) is 0 Å². The SMILES string of the molecule is COc1ccc(S(=O)(=O)Nc2ccc(F)c(-c3ccc4nc(NC(=O)C(C)(C)C)ncc4c3)c2F)cc1Cl. The van der Waals surface area contributed by atoms with E-state index in [9.17, 15) is 17.6 Å². The van der Waals surface area contributed by atoms with E-state index in [1.54, 1.807) is 20.8 Å². The Bertz CT molecular complexity index is 1670. The van der Waals surface area contributed by atoms with Crippen molar-refractivity contribution in [3.05, 3.63) is 71.4 Å². The summed E-state index contributed by atoms with van der Waals surface area (Å²) in [6, 6.07) is 10.1. The maximum Gasteiger partial charge on any atom is 0.262 e. The predicted molar refractivity (Wildman–Crippen MR) is 142 cm³/mol. The number of halogens is 3. The number of nitrogens with one attached hydrogen (secondary N) is 2. The number of hydrogen-bond donors (Lipinski definition) is 2. The van der Waals surface area contributed by atoms with Gasteiger partial charge in [0.15, 0.2) is 5.82 Å². The lowest BCUT2D eigenvalue weighted by molar-refractivity contribution is -0.123. The lowest BCUT2D eigenvalue weighted by Gasteiger charge is -2.16. The van der Waals surface area contributed by atoms with Gasteiger partial charge in [0.25, 0.3) is 10.0 Å². The number of anilines is 2. The molecule has 4 rings (SSSR count). The molecule has 1 aromatic heterocycles. The van der Waals surface area contributed by atoms with Crippen LogP contribution in [0.1, 0.15) is 20.8 Å². The Kier molecular flexibility index (Phi) is 7.26. The smallest absolute Gasteiger partial charge is 0.262 e.